The number of piperazine rings is 1. The Hall–Kier alpha value is -2.70. The standard InChI is InChI=1S/C17H21N5O2/c1-13-19-18-12-21(13)8-9-22-15(10-14-6-4-3-5-7-14)17(24)20(2)11-16(22)23/h3-7,12,15H,8-11H2,1-2H3/t15-/m0/s1. The van der Waals surface area contributed by atoms with Crippen molar-refractivity contribution in [3.8, 4) is 0 Å². The third-order valence-electron chi connectivity index (χ3n) is 4.39. The number of carbonyl (C=O) groups is 2. The fraction of sp³-hybridized carbons (Fsp3) is 0.412. The van der Waals surface area contributed by atoms with Crippen LogP contribution in [0.25, 0.3) is 0 Å². The van der Waals surface area contributed by atoms with Gasteiger partial charge in [0.2, 0.25) is 11.8 Å². The molecule has 0 radical (unpaired) electrons. The largest absolute Gasteiger partial charge is 0.335 e. The molecule has 1 atom stereocenters. The van der Waals surface area contributed by atoms with Gasteiger partial charge in [-0.1, -0.05) is 30.3 Å². The first kappa shape index (κ1) is 16.2. The Balaban J connectivity index is 1.78. The first-order valence-electron chi connectivity index (χ1n) is 7.99. The van der Waals surface area contributed by atoms with Gasteiger partial charge in [0.1, 0.15) is 18.2 Å². The summed E-state index contributed by atoms with van der Waals surface area (Å²) in [6.45, 7) is 3.04. The maximum absolute atomic E-state index is 12.6. The highest BCUT2D eigenvalue weighted by Gasteiger charge is 2.37. The highest BCUT2D eigenvalue weighted by atomic mass is 16.2. The van der Waals surface area contributed by atoms with Crippen LogP contribution < -0.4 is 0 Å². The molecule has 3 rings (SSSR count). The zero-order valence-corrected chi connectivity index (χ0v) is 13.9. The number of hydrogen-bond donors (Lipinski definition) is 0. The van der Waals surface area contributed by atoms with Gasteiger partial charge >= 0.3 is 0 Å². The Morgan fingerprint density at radius 1 is 1.17 bits per heavy atom. The SMILES string of the molecule is Cc1nncn1CCN1C(=O)CN(C)C(=O)[C@@H]1Cc1ccccc1. The first-order chi connectivity index (χ1) is 11.6. The molecule has 1 saturated heterocycles. The Morgan fingerprint density at radius 2 is 1.92 bits per heavy atom. The van der Waals surface area contributed by atoms with Crippen molar-refractivity contribution >= 4 is 11.8 Å². The van der Waals surface area contributed by atoms with E-state index in [4.69, 9.17) is 0 Å². The van der Waals surface area contributed by atoms with Crippen LogP contribution in [0.5, 0.6) is 0 Å². The summed E-state index contributed by atoms with van der Waals surface area (Å²) in [6.07, 6.45) is 2.17. The summed E-state index contributed by atoms with van der Waals surface area (Å²) in [5.41, 5.74) is 1.05. The van der Waals surface area contributed by atoms with E-state index in [0.717, 1.165) is 11.4 Å². The summed E-state index contributed by atoms with van der Waals surface area (Å²) in [7, 11) is 1.68. The van der Waals surface area contributed by atoms with E-state index in [0.29, 0.717) is 19.5 Å². The molecule has 1 aliphatic rings. The van der Waals surface area contributed by atoms with E-state index in [2.05, 4.69) is 10.2 Å². The number of likely N-dealkylation sites (N-methyl/N-ethyl adjacent to an activating group) is 1. The summed E-state index contributed by atoms with van der Waals surface area (Å²) in [5, 5.41) is 7.80. The Kier molecular flexibility index (Phi) is 4.59. The minimum atomic E-state index is -0.463. The monoisotopic (exact) mass is 327 g/mol. The molecule has 0 N–H and O–H groups in total. The number of hydrogen-bond acceptors (Lipinski definition) is 4. The fourth-order valence-corrected chi connectivity index (χ4v) is 3.00. The van der Waals surface area contributed by atoms with Crippen molar-refractivity contribution in [1.82, 2.24) is 24.6 Å². The molecule has 2 heterocycles. The summed E-state index contributed by atoms with van der Waals surface area (Å²) in [5.74, 6) is 0.755. The molecule has 0 bridgehead atoms. The number of aromatic nitrogens is 3. The topological polar surface area (TPSA) is 71.3 Å². The maximum Gasteiger partial charge on any atom is 0.245 e. The van der Waals surface area contributed by atoms with Crippen LogP contribution in [0.15, 0.2) is 36.7 Å². The van der Waals surface area contributed by atoms with E-state index in [1.807, 2.05) is 41.8 Å². The van der Waals surface area contributed by atoms with Crippen molar-refractivity contribution in [3.63, 3.8) is 0 Å². The Bertz CT molecular complexity index is 728. The lowest BCUT2D eigenvalue weighted by Crippen LogP contribution is -2.60. The summed E-state index contributed by atoms with van der Waals surface area (Å²) in [6, 6.07) is 9.33. The Morgan fingerprint density at radius 3 is 2.58 bits per heavy atom. The molecule has 7 nitrogen and oxygen atoms in total. The van der Waals surface area contributed by atoms with Crippen molar-refractivity contribution in [2.45, 2.75) is 25.9 Å². The van der Waals surface area contributed by atoms with Crippen molar-refractivity contribution in [2.24, 2.45) is 0 Å². The van der Waals surface area contributed by atoms with Crippen LogP contribution in [0.2, 0.25) is 0 Å². The molecule has 126 valence electrons. The molecule has 1 fully saturated rings. The molecule has 1 aliphatic heterocycles. The van der Waals surface area contributed by atoms with E-state index < -0.39 is 6.04 Å². The van der Waals surface area contributed by atoms with Gasteiger partial charge in [-0.25, -0.2) is 0 Å². The summed E-state index contributed by atoms with van der Waals surface area (Å²) in [4.78, 5) is 28.3. The van der Waals surface area contributed by atoms with Gasteiger partial charge in [-0.15, -0.1) is 10.2 Å². The van der Waals surface area contributed by atoms with Gasteiger partial charge in [0.15, 0.2) is 0 Å². The number of amides is 2. The predicted molar refractivity (Wildman–Crippen MR) is 88.0 cm³/mol. The lowest BCUT2D eigenvalue weighted by molar-refractivity contribution is -0.154. The number of carbonyl (C=O) groups excluding carboxylic acids is 2. The second-order valence-electron chi connectivity index (χ2n) is 6.06. The lowest BCUT2D eigenvalue weighted by atomic mass is 10.0. The summed E-state index contributed by atoms with van der Waals surface area (Å²) < 4.78 is 1.88. The second-order valence-corrected chi connectivity index (χ2v) is 6.06. The van der Waals surface area contributed by atoms with Crippen LogP contribution in [0.1, 0.15) is 11.4 Å². The molecule has 1 aromatic heterocycles. The molecule has 7 heteroatoms. The van der Waals surface area contributed by atoms with Crippen LogP contribution >= 0.6 is 0 Å². The van der Waals surface area contributed by atoms with Gasteiger partial charge < -0.3 is 14.4 Å². The first-order valence-corrected chi connectivity index (χ1v) is 7.99. The van der Waals surface area contributed by atoms with Gasteiger partial charge in [0.25, 0.3) is 0 Å². The molecular weight excluding hydrogens is 306 g/mol. The molecule has 0 aliphatic carbocycles. The zero-order valence-electron chi connectivity index (χ0n) is 13.9. The number of nitrogens with zero attached hydrogens (tertiary/aromatic N) is 5. The van der Waals surface area contributed by atoms with E-state index in [9.17, 15) is 9.59 Å². The number of benzene rings is 1. The second kappa shape index (κ2) is 6.82. The number of aryl methyl sites for hydroxylation is 1. The Labute approximate surface area is 140 Å². The average molecular weight is 327 g/mol. The van der Waals surface area contributed by atoms with Crippen LogP contribution in [0, 0.1) is 6.92 Å². The normalized spacial score (nSPS) is 18.3. The predicted octanol–water partition coefficient (Wildman–Crippen LogP) is 0.498. The van der Waals surface area contributed by atoms with Crippen molar-refractivity contribution in [3.05, 3.63) is 48.0 Å². The number of rotatable bonds is 5. The molecule has 0 unspecified atom stereocenters. The third kappa shape index (κ3) is 3.29. The van der Waals surface area contributed by atoms with Crippen LogP contribution in [-0.2, 0) is 22.6 Å². The van der Waals surface area contributed by atoms with Crippen molar-refractivity contribution < 1.29 is 9.59 Å². The zero-order chi connectivity index (χ0) is 17.1. The molecule has 2 aromatic rings. The van der Waals surface area contributed by atoms with Crippen LogP contribution in [0.3, 0.4) is 0 Å². The molecule has 0 saturated carbocycles. The van der Waals surface area contributed by atoms with E-state index in [1.54, 1.807) is 18.3 Å². The highest BCUT2D eigenvalue weighted by molar-refractivity contribution is 5.94. The lowest BCUT2D eigenvalue weighted by Gasteiger charge is -2.39. The average Bonchev–Trinajstić information content (AvgIpc) is 2.98. The molecule has 1 aromatic carbocycles. The van der Waals surface area contributed by atoms with E-state index >= 15 is 0 Å². The van der Waals surface area contributed by atoms with Crippen molar-refractivity contribution in [2.75, 3.05) is 20.1 Å². The molecule has 24 heavy (non-hydrogen) atoms. The fourth-order valence-electron chi connectivity index (χ4n) is 3.00. The minimum Gasteiger partial charge on any atom is -0.335 e. The summed E-state index contributed by atoms with van der Waals surface area (Å²) >= 11 is 0. The van der Waals surface area contributed by atoms with Gasteiger partial charge in [0, 0.05) is 26.6 Å². The molecule has 0 spiro atoms. The van der Waals surface area contributed by atoms with Crippen LogP contribution in [-0.4, -0.2) is 62.6 Å². The smallest absolute Gasteiger partial charge is 0.245 e. The van der Waals surface area contributed by atoms with Crippen LogP contribution in [0.4, 0.5) is 0 Å². The van der Waals surface area contributed by atoms with Gasteiger partial charge in [-0.05, 0) is 12.5 Å². The minimum absolute atomic E-state index is 0.0149. The van der Waals surface area contributed by atoms with E-state index in [-0.39, 0.29) is 18.4 Å². The molecular formula is C17H21N5O2. The maximum atomic E-state index is 12.6. The van der Waals surface area contributed by atoms with Gasteiger partial charge in [-0.3, -0.25) is 9.59 Å². The van der Waals surface area contributed by atoms with Gasteiger partial charge in [-0.2, -0.15) is 0 Å². The van der Waals surface area contributed by atoms with E-state index in [1.165, 1.54) is 4.90 Å². The quantitative estimate of drug-likeness (QED) is 0.802. The highest BCUT2D eigenvalue weighted by Crippen LogP contribution is 2.17. The third-order valence-corrected chi connectivity index (χ3v) is 4.39. The molecule has 2 amide bonds. The van der Waals surface area contributed by atoms with Gasteiger partial charge in [0.05, 0.1) is 6.54 Å². The van der Waals surface area contributed by atoms with Crippen molar-refractivity contribution in [1.29, 1.82) is 0 Å².